The van der Waals surface area contributed by atoms with E-state index in [4.69, 9.17) is 13.9 Å². The lowest BCUT2D eigenvalue weighted by molar-refractivity contribution is -0.118. The van der Waals surface area contributed by atoms with E-state index in [9.17, 15) is 9.59 Å². The lowest BCUT2D eigenvalue weighted by Crippen LogP contribution is -2.21. The molecule has 9 nitrogen and oxygen atoms in total. The molecule has 0 spiro atoms. The molecule has 4 rings (SSSR count). The minimum Gasteiger partial charge on any atom is -0.484 e. The molecule has 2 N–H and O–H groups in total. The van der Waals surface area contributed by atoms with Crippen LogP contribution in [0.3, 0.4) is 0 Å². The van der Waals surface area contributed by atoms with Gasteiger partial charge in [-0.1, -0.05) is 0 Å². The number of nitrogens with one attached hydrogen (secondary N) is 2. The maximum atomic E-state index is 12.1. The molecule has 1 fully saturated rings. The first-order valence-electron chi connectivity index (χ1n) is 9.02. The summed E-state index contributed by atoms with van der Waals surface area (Å²) >= 11 is 0. The summed E-state index contributed by atoms with van der Waals surface area (Å²) in [6.07, 6.45) is 1.75. The number of fused-ring (bicyclic) bond motifs is 1. The van der Waals surface area contributed by atoms with E-state index >= 15 is 0 Å². The number of aromatic nitrogens is 3. The molecular formula is C19H20N4O5. The molecule has 1 atom stereocenters. The van der Waals surface area contributed by atoms with E-state index in [0.717, 1.165) is 23.8 Å². The molecule has 1 aliphatic rings. The summed E-state index contributed by atoms with van der Waals surface area (Å²) in [7, 11) is 0. The van der Waals surface area contributed by atoms with Crippen LogP contribution in [0, 0.1) is 13.8 Å². The molecule has 0 radical (unpaired) electrons. The Kier molecular flexibility index (Phi) is 4.82. The molecule has 9 heteroatoms. The lowest BCUT2D eigenvalue weighted by Gasteiger charge is -2.08. The van der Waals surface area contributed by atoms with Gasteiger partial charge in [-0.25, -0.2) is 4.79 Å². The highest BCUT2D eigenvalue weighted by Crippen LogP contribution is 2.26. The first kappa shape index (κ1) is 18.2. The number of amides is 1. The van der Waals surface area contributed by atoms with Crippen LogP contribution in [-0.2, 0) is 9.53 Å². The predicted molar refractivity (Wildman–Crippen MR) is 100 cm³/mol. The zero-order valence-electron chi connectivity index (χ0n) is 15.6. The monoisotopic (exact) mass is 384 g/mol. The number of hydrogen-bond donors (Lipinski definition) is 2. The second-order valence-electron chi connectivity index (χ2n) is 6.68. The van der Waals surface area contributed by atoms with E-state index in [1.807, 2.05) is 6.92 Å². The molecule has 1 saturated heterocycles. The summed E-state index contributed by atoms with van der Waals surface area (Å²) in [6, 6.07) is 5.13. The second kappa shape index (κ2) is 7.43. The Morgan fingerprint density at radius 3 is 3.00 bits per heavy atom. The van der Waals surface area contributed by atoms with Crippen molar-refractivity contribution in [2.75, 3.05) is 18.5 Å². The van der Waals surface area contributed by atoms with Gasteiger partial charge < -0.3 is 13.9 Å². The third-order valence-electron chi connectivity index (χ3n) is 4.79. The number of carbonyl (C=O) groups excluding carboxylic acids is 1. The Morgan fingerprint density at radius 1 is 1.36 bits per heavy atom. The highest BCUT2D eigenvalue weighted by molar-refractivity contribution is 5.90. The van der Waals surface area contributed by atoms with Crippen molar-refractivity contribution in [3.63, 3.8) is 0 Å². The molecule has 146 valence electrons. The van der Waals surface area contributed by atoms with E-state index in [0.29, 0.717) is 29.3 Å². The minimum absolute atomic E-state index is 0.103. The van der Waals surface area contributed by atoms with Crippen molar-refractivity contribution in [1.29, 1.82) is 0 Å². The van der Waals surface area contributed by atoms with E-state index < -0.39 is 5.91 Å². The first-order chi connectivity index (χ1) is 13.5. The van der Waals surface area contributed by atoms with Crippen molar-refractivity contribution < 1.29 is 18.7 Å². The van der Waals surface area contributed by atoms with E-state index in [-0.39, 0.29) is 24.3 Å². The quantitative estimate of drug-likeness (QED) is 0.648. The number of aromatic amines is 1. The third-order valence-corrected chi connectivity index (χ3v) is 4.79. The van der Waals surface area contributed by atoms with Crippen LogP contribution < -0.4 is 15.7 Å². The molecule has 1 aromatic carbocycles. The van der Waals surface area contributed by atoms with Crippen LogP contribution in [0.1, 0.15) is 35.9 Å². The van der Waals surface area contributed by atoms with Crippen LogP contribution in [-0.4, -0.2) is 34.3 Å². The van der Waals surface area contributed by atoms with Gasteiger partial charge in [0.2, 0.25) is 5.95 Å². The van der Waals surface area contributed by atoms with Gasteiger partial charge in [-0.3, -0.25) is 15.2 Å². The van der Waals surface area contributed by atoms with Crippen molar-refractivity contribution in [1.82, 2.24) is 15.2 Å². The molecule has 1 aliphatic heterocycles. The van der Waals surface area contributed by atoms with Crippen molar-refractivity contribution in [2.45, 2.75) is 32.8 Å². The molecule has 0 saturated carbocycles. The maximum absolute atomic E-state index is 12.1. The smallest absolute Gasteiger partial charge is 0.339 e. The van der Waals surface area contributed by atoms with E-state index in [1.165, 1.54) is 0 Å². The van der Waals surface area contributed by atoms with Gasteiger partial charge in [0.25, 0.3) is 5.91 Å². The summed E-state index contributed by atoms with van der Waals surface area (Å²) < 4.78 is 16.3. The predicted octanol–water partition coefficient (Wildman–Crippen LogP) is 2.40. The summed E-state index contributed by atoms with van der Waals surface area (Å²) in [6.45, 7) is 4.06. The number of rotatable bonds is 5. The third kappa shape index (κ3) is 3.61. The van der Waals surface area contributed by atoms with Crippen LogP contribution in [0.5, 0.6) is 5.75 Å². The zero-order valence-corrected chi connectivity index (χ0v) is 15.6. The molecule has 0 bridgehead atoms. The van der Waals surface area contributed by atoms with Crippen LogP contribution in [0.15, 0.2) is 27.4 Å². The number of carbonyl (C=O) groups is 1. The maximum Gasteiger partial charge on any atom is 0.339 e. The standard InChI is InChI=1S/C19H20N4O5/c1-10-11(2)18(25)28-15-8-12(5-6-13(10)15)27-9-16(24)20-19-21-17(22-23-19)14-4-3-7-26-14/h5-6,8,14H,3-4,7,9H2,1-2H3,(H2,20,21,22,23,24)/t14-/m0/s1. The Hall–Kier alpha value is -3.20. The summed E-state index contributed by atoms with van der Waals surface area (Å²) in [4.78, 5) is 28.2. The van der Waals surface area contributed by atoms with Gasteiger partial charge in [0, 0.05) is 23.6 Å². The molecule has 1 amide bonds. The van der Waals surface area contributed by atoms with Gasteiger partial charge in [0.15, 0.2) is 12.4 Å². The Balaban J connectivity index is 1.39. The molecule has 28 heavy (non-hydrogen) atoms. The number of ether oxygens (including phenoxy) is 2. The zero-order chi connectivity index (χ0) is 19.7. The van der Waals surface area contributed by atoms with Gasteiger partial charge in [-0.05, 0) is 44.4 Å². The first-order valence-corrected chi connectivity index (χ1v) is 9.02. The number of H-pyrrole nitrogens is 1. The number of benzene rings is 1. The molecular weight excluding hydrogens is 364 g/mol. The molecule has 2 aromatic heterocycles. The van der Waals surface area contributed by atoms with E-state index in [1.54, 1.807) is 25.1 Å². The Bertz CT molecular complexity index is 1080. The lowest BCUT2D eigenvalue weighted by atomic mass is 10.1. The van der Waals surface area contributed by atoms with Gasteiger partial charge in [0.1, 0.15) is 17.4 Å². The molecule has 0 unspecified atom stereocenters. The minimum atomic E-state index is -0.403. The fourth-order valence-corrected chi connectivity index (χ4v) is 3.10. The van der Waals surface area contributed by atoms with Crippen LogP contribution in [0.25, 0.3) is 11.0 Å². The van der Waals surface area contributed by atoms with Gasteiger partial charge in [0.05, 0.1) is 0 Å². The van der Waals surface area contributed by atoms with Crippen LogP contribution in [0.2, 0.25) is 0 Å². The number of anilines is 1. The average molecular weight is 384 g/mol. The largest absolute Gasteiger partial charge is 0.484 e. The fraction of sp³-hybridized carbons (Fsp3) is 0.368. The van der Waals surface area contributed by atoms with Gasteiger partial charge >= 0.3 is 5.63 Å². The number of aryl methyl sites for hydroxylation is 1. The second-order valence-corrected chi connectivity index (χ2v) is 6.68. The SMILES string of the molecule is Cc1c(C)c2ccc(OCC(=O)Nc3n[nH]c([C@@H]4CCCO4)n3)cc2oc1=O. The Labute approximate surface area is 160 Å². The topological polar surface area (TPSA) is 119 Å². The Morgan fingerprint density at radius 2 is 2.21 bits per heavy atom. The van der Waals surface area contributed by atoms with Gasteiger partial charge in [-0.2, -0.15) is 4.98 Å². The van der Waals surface area contributed by atoms with Crippen molar-refractivity contribution in [3.8, 4) is 5.75 Å². The van der Waals surface area contributed by atoms with Gasteiger partial charge in [-0.15, -0.1) is 5.10 Å². The average Bonchev–Trinajstić information content (AvgIpc) is 3.36. The highest BCUT2D eigenvalue weighted by Gasteiger charge is 2.21. The van der Waals surface area contributed by atoms with E-state index in [2.05, 4.69) is 20.5 Å². The van der Waals surface area contributed by atoms with Crippen LogP contribution >= 0.6 is 0 Å². The molecule has 0 aliphatic carbocycles. The number of hydrogen-bond acceptors (Lipinski definition) is 7. The van der Waals surface area contributed by atoms with Crippen molar-refractivity contribution in [2.24, 2.45) is 0 Å². The fourth-order valence-electron chi connectivity index (χ4n) is 3.10. The summed E-state index contributed by atoms with van der Waals surface area (Å²) in [5, 5.41) is 10.2. The highest BCUT2D eigenvalue weighted by atomic mass is 16.5. The van der Waals surface area contributed by atoms with Crippen LogP contribution in [0.4, 0.5) is 5.95 Å². The summed E-state index contributed by atoms with van der Waals surface area (Å²) in [5.74, 6) is 0.794. The molecule has 3 aromatic rings. The van der Waals surface area contributed by atoms with Crippen molar-refractivity contribution >= 4 is 22.8 Å². The summed E-state index contributed by atoms with van der Waals surface area (Å²) in [5.41, 5.74) is 1.48. The van der Waals surface area contributed by atoms with Crippen molar-refractivity contribution in [3.05, 3.63) is 45.6 Å². The number of nitrogens with zero attached hydrogens (tertiary/aromatic N) is 2. The molecule has 3 heterocycles. The normalized spacial score (nSPS) is 16.4.